The maximum absolute atomic E-state index is 6.05. The zero-order valence-electron chi connectivity index (χ0n) is 11.6. The van der Waals surface area contributed by atoms with Crippen molar-refractivity contribution in [1.82, 2.24) is 5.32 Å². The molecule has 0 aliphatic carbocycles. The monoisotopic (exact) mass is 247 g/mol. The molecule has 0 saturated heterocycles. The van der Waals surface area contributed by atoms with Crippen molar-refractivity contribution in [2.24, 2.45) is 0 Å². The van der Waals surface area contributed by atoms with Crippen LogP contribution in [-0.4, -0.2) is 19.2 Å². The van der Waals surface area contributed by atoms with Gasteiger partial charge in [0.1, 0.15) is 0 Å². The van der Waals surface area contributed by atoms with Gasteiger partial charge in [-0.2, -0.15) is 0 Å². The standard InChI is InChI=1S/C16H25NO/c1-3-5-10-15(17-4-2)16-14-9-7-6-8-13(14)11-12-18-16/h6-9,15-17H,3-5,10-12H2,1-2H3. The van der Waals surface area contributed by atoms with Crippen LogP contribution in [0.1, 0.15) is 50.3 Å². The predicted molar refractivity (Wildman–Crippen MR) is 75.8 cm³/mol. The lowest BCUT2D eigenvalue weighted by Crippen LogP contribution is -2.38. The van der Waals surface area contributed by atoms with Gasteiger partial charge in [0.05, 0.1) is 12.7 Å². The van der Waals surface area contributed by atoms with Crippen LogP contribution in [0.3, 0.4) is 0 Å². The van der Waals surface area contributed by atoms with E-state index in [2.05, 4.69) is 43.4 Å². The fraction of sp³-hybridized carbons (Fsp3) is 0.625. The highest BCUT2D eigenvalue weighted by Gasteiger charge is 2.27. The van der Waals surface area contributed by atoms with Gasteiger partial charge >= 0.3 is 0 Å². The quantitative estimate of drug-likeness (QED) is 0.831. The molecule has 0 radical (unpaired) electrons. The Bertz CT molecular complexity index is 364. The van der Waals surface area contributed by atoms with E-state index in [9.17, 15) is 0 Å². The van der Waals surface area contributed by atoms with E-state index >= 15 is 0 Å². The molecule has 1 aromatic carbocycles. The fourth-order valence-electron chi connectivity index (χ4n) is 2.80. The Kier molecular flexibility index (Phi) is 5.21. The van der Waals surface area contributed by atoms with E-state index in [4.69, 9.17) is 4.74 Å². The van der Waals surface area contributed by atoms with Crippen LogP contribution < -0.4 is 5.32 Å². The number of nitrogens with one attached hydrogen (secondary N) is 1. The minimum atomic E-state index is 0.237. The largest absolute Gasteiger partial charge is 0.372 e. The van der Waals surface area contributed by atoms with Crippen molar-refractivity contribution in [3.63, 3.8) is 0 Å². The second-order valence-electron chi connectivity index (χ2n) is 5.05. The summed E-state index contributed by atoms with van der Waals surface area (Å²) in [6.45, 7) is 6.29. The summed E-state index contributed by atoms with van der Waals surface area (Å²) in [5.41, 5.74) is 2.86. The Hall–Kier alpha value is -0.860. The van der Waals surface area contributed by atoms with Crippen molar-refractivity contribution >= 4 is 0 Å². The number of hydrogen-bond donors (Lipinski definition) is 1. The summed E-state index contributed by atoms with van der Waals surface area (Å²) in [7, 11) is 0. The van der Waals surface area contributed by atoms with Gasteiger partial charge in [-0.05, 0) is 30.5 Å². The van der Waals surface area contributed by atoms with Crippen LogP contribution >= 0.6 is 0 Å². The zero-order chi connectivity index (χ0) is 12.8. The third-order valence-electron chi connectivity index (χ3n) is 3.73. The SMILES string of the molecule is CCCCC(NCC)C1OCCc2ccccc21. The van der Waals surface area contributed by atoms with Crippen LogP contribution in [0.5, 0.6) is 0 Å². The van der Waals surface area contributed by atoms with E-state index in [1.54, 1.807) is 0 Å². The summed E-state index contributed by atoms with van der Waals surface area (Å²) in [4.78, 5) is 0. The van der Waals surface area contributed by atoms with E-state index in [-0.39, 0.29) is 6.10 Å². The van der Waals surface area contributed by atoms with Gasteiger partial charge in [-0.1, -0.05) is 51.0 Å². The fourth-order valence-corrected chi connectivity index (χ4v) is 2.80. The third kappa shape index (κ3) is 3.12. The van der Waals surface area contributed by atoms with Crippen molar-refractivity contribution in [1.29, 1.82) is 0 Å². The maximum atomic E-state index is 6.05. The first kappa shape index (κ1) is 13.6. The Morgan fingerprint density at radius 1 is 1.33 bits per heavy atom. The smallest absolute Gasteiger partial charge is 0.0980 e. The molecule has 2 rings (SSSR count). The highest BCUT2D eigenvalue weighted by atomic mass is 16.5. The normalized spacial score (nSPS) is 20.4. The number of rotatable bonds is 6. The van der Waals surface area contributed by atoms with Gasteiger partial charge in [0, 0.05) is 6.04 Å². The molecule has 1 aromatic rings. The first-order valence-electron chi connectivity index (χ1n) is 7.29. The summed E-state index contributed by atoms with van der Waals surface area (Å²) >= 11 is 0. The van der Waals surface area contributed by atoms with E-state index in [0.717, 1.165) is 19.6 Å². The molecule has 1 aliphatic rings. The van der Waals surface area contributed by atoms with Gasteiger partial charge in [-0.15, -0.1) is 0 Å². The van der Waals surface area contributed by atoms with Crippen LogP contribution in [0.2, 0.25) is 0 Å². The summed E-state index contributed by atoms with van der Waals surface area (Å²) in [5.74, 6) is 0. The number of ether oxygens (including phenoxy) is 1. The molecular weight excluding hydrogens is 222 g/mol. The minimum absolute atomic E-state index is 0.237. The first-order valence-corrected chi connectivity index (χ1v) is 7.29. The van der Waals surface area contributed by atoms with E-state index < -0.39 is 0 Å². The van der Waals surface area contributed by atoms with Crippen molar-refractivity contribution in [2.75, 3.05) is 13.2 Å². The third-order valence-corrected chi connectivity index (χ3v) is 3.73. The van der Waals surface area contributed by atoms with Crippen LogP contribution in [0.4, 0.5) is 0 Å². The lowest BCUT2D eigenvalue weighted by molar-refractivity contribution is 0.0131. The molecule has 100 valence electrons. The van der Waals surface area contributed by atoms with Crippen molar-refractivity contribution in [2.45, 2.75) is 51.7 Å². The van der Waals surface area contributed by atoms with E-state index in [0.29, 0.717) is 6.04 Å². The molecule has 0 amide bonds. The van der Waals surface area contributed by atoms with Gasteiger partial charge in [-0.25, -0.2) is 0 Å². The zero-order valence-corrected chi connectivity index (χ0v) is 11.6. The van der Waals surface area contributed by atoms with Gasteiger partial charge in [0.2, 0.25) is 0 Å². The number of fused-ring (bicyclic) bond motifs is 1. The highest BCUT2D eigenvalue weighted by molar-refractivity contribution is 5.31. The van der Waals surface area contributed by atoms with E-state index in [1.165, 1.54) is 30.4 Å². The molecular formula is C16H25NO. The molecule has 1 aliphatic heterocycles. The van der Waals surface area contributed by atoms with Crippen molar-refractivity contribution < 1.29 is 4.74 Å². The molecule has 2 nitrogen and oxygen atoms in total. The summed E-state index contributed by atoms with van der Waals surface area (Å²) < 4.78 is 6.05. The first-order chi connectivity index (χ1) is 8.86. The summed E-state index contributed by atoms with van der Waals surface area (Å²) in [6, 6.07) is 9.19. The minimum Gasteiger partial charge on any atom is -0.372 e. The van der Waals surface area contributed by atoms with Gasteiger partial charge in [-0.3, -0.25) is 0 Å². The molecule has 0 fully saturated rings. The lowest BCUT2D eigenvalue weighted by atomic mass is 9.91. The predicted octanol–water partition coefficient (Wildman–Crippen LogP) is 3.47. The van der Waals surface area contributed by atoms with E-state index in [1.807, 2.05) is 0 Å². The Morgan fingerprint density at radius 3 is 2.94 bits per heavy atom. The number of benzene rings is 1. The molecule has 1 N–H and O–H groups in total. The Labute approximate surface area is 111 Å². The Morgan fingerprint density at radius 2 is 2.17 bits per heavy atom. The van der Waals surface area contributed by atoms with Crippen LogP contribution in [0, 0.1) is 0 Å². The molecule has 0 aromatic heterocycles. The molecule has 2 heteroatoms. The molecule has 18 heavy (non-hydrogen) atoms. The molecule has 1 heterocycles. The lowest BCUT2D eigenvalue weighted by Gasteiger charge is -2.33. The second-order valence-corrected chi connectivity index (χ2v) is 5.05. The topological polar surface area (TPSA) is 21.3 Å². The van der Waals surface area contributed by atoms with Crippen LogP contribution in [0.15, 0.2) is 24.3 Å². The molecule has 0 saturated carbocycles. The van der Waals surface area contributed by atoms with Crippen molar-refractivity contribution in [3.05, 3.63) is 35.4 Å². The van der Waals surface area contributed by atoms with Gasteiger partial charge < -0.3 is 10.1 Å². The average Bonchev–Trinajstić information content (AvgIpc) is 2.43. The number of hydrogen-bond acceptors (Lipinski definition) is 2. The molecule has 0 bridgehead atoms. The molecule has 0 spiro atoms. The van der Waals surface area contributed by atoms with Crippen LogP contribution in [0.25, 0.3) is 0 Å². The van der Waals surface area contributed by atoms with Gasteiger partial charge in [0.15, 0.2) is 0 Å². The molecule has 2 atom stereocenters. The number of unbranched alkanes of at least 4 members (excludes halogenated alkanes) is 1. The summed E-state index contributed by atoms with van der Waals surface area (Å²) in [6.07, 6.45) is 5.00. The maximum Gasteiger partial charge on any atom is 0.0980 e. The second kappa shape index (κ2) is 6.91. The average molecular weight is 247 g/mol. The van der Waals surface area contributed by atoms with Crippen molar-refractivity contribution in [3.8, 4) is 0 Å². The van der Waals surface area contributed by atoms with Gasteiger partial charge in [0.25, 0.3) is 0 Å². The summed E-state index contributed by atoms with van der Waals surface area (Å²) in [5, 5.41) is 3.60. The van der Waals surface area contributed by atoms with Crippen LogP contribution in [-0.2, 0) is 11.2 Å². The number of likely N-dealkylation sites (N-methyl/N-ethyl adjacent to an activating group) is 1. The molecule has 2 unspecified atom stereocenters. The Balaban J connectivity index is 2.15. The highest BCUT2D eigenvalue weighted by Crippen LogP contribution is 2.31.